The fourth-order valence-electron chi connectivity index (χ4n) is 2.13. The highest BCUT2D eigenvalue weighted by Crippen LogP contribution is 2.25. The Morgan fingerprint density at radius 2 is 1.56 bits per heavy atom. The van der Waals surface area contributed by atoms with Gasteiger partial charge in [-0.25, -0.2) is 9.97 Å². The normalized spacial score (nSPS) is 11.4. The van der Waals surface area contributed by atoms with E-state index in [-0.39, 0.29) is 5.54 Å². The van der Waals surface area contributed by atoms with Crippen molar-refractivity contribution in [3.63, 3.8) is 0 Å². The molecule has 0 saturated heterocycles. The molecule has 0 saturated carbocycles. The Bertz CT molecular complexity index is 342. The van der Waals surface area contributed by atoms with Gasteiger partial charge in [-0.2, -0.15) is 0 Å². The molecule has 0 fully saturated rings. The third-order valence-electron chi connectivity index (χ3n) is 3.77. The van der Waals surface area contributed by atoms with Crippen molar-refractivity contribution in [1.82, 2.24) is 9.97 Å². The smallest absolute Gasteiger partial charge is 0.132 e. The molecule has 4 heteroatoms. The number of nitrogens with zero attached hydrogens (tertiary/aromatic N) is 2. The van der Waals surface area contributed by atoms with Gasteiger partial charge in [-0.15, -0.1) is 0 Å². The molecule has 0 aliphatic heterocycles. The van der Waals surface area contributed by atoms with Crippen LogP contribution in [-0.2, 0) is 6.42 Å². The maximum Gasteiger partial charge on any atom is 0.132 e. The third kappa shape index (κ3) is 3.34. The number of hydrogen-bond acceptors (Lipinski definition) is 4. The van der Waals surface area contributed by atoms with Gasteiger partial charge in [0, 0.05) is 25.1 Å². The summed E-state index contributed by atoms with van der Waals surface area (Å²) in [5, 5.41) is 6.69. The minimum Gasteiger partial charge on any atom is -0.373 e. The van der Waals surface area contributed by atoms with E-state index in [0.29, 0.717) is 0 Å². The molecule has 102 valence electrons. The second kappa shape index (κ2) is 6.57. The second-order valence-electron chi connectivity index (χ2n) is 4.62. The Labute approximate surface area is 111 Å². The lowest BCUT2D eigenvalue weighted by molar-refractivity contribution is 0.419. The first-order valence-corrected chi connectivity index (χ1v) is 6.96. The van der Waals surface area contributed by atoms with E-state index >= 15 is 0 Å². The van der Waals surface area contributed by atoms with E-state index in [2.05, 4.69) is 48.3 Å². The van der Waals surface area contributed by atoms with Crippen LogP contribution in [0.3, 0.4) is 0 Å². The van der Waals surface area contributed by atoms with Crippen LogP contribution in [0.25, 0.3) is 0 Å². The van der Waals surface area contributed by atoms with Crippen LogP contribution in [0.4, 0.5) is 11.6 Å². The monoisotopic (exact) mass is 250 g/mol. The average molecular weight is 250 g/mol. The molecule has 4 nitrogen and oxygen atoms in total. The second-order valence-corrected chi connectivity index (χ2v) is 4.62. The zero-order valence-electron chi connectivity index (χ0n) is 12.3. The predicted molar refractivity (Wildman–Crippen MR) is 78.2 cm³/mol. The molecule has 1 aromatic rings. The van der Waals surface area contributed by atoms with Gasteiger partial charge < -0.3 is 10.6 Å². The molecule has 1 rings (SSSR count). The van der Waals surface area contributed by atoms with Crippen LogP contribution in [0.1, 0.15) is 52.8 Å². The van der Waals surface area contributed by atoms with Gasteiger partial charge in [0.25, 0.3) is 0 Å². The van der Waals surface area contributed by atoms with Gasteiger partial charge in [-0.05, 0) is 19.3 Å². The van der Waals surface area contributed by atoms with Crippen LogP contribution >= 0.6 is 0 Å². The number of hydrogen-bond donors (Lipinski definition) is 2. The summed E-state index contributed by atoms with van der Waals surface area (Å²) in [6, 6.07) is 1.98. The molecular formula is C14H26N4. The largest absolute Gasteiger partial charge is 0.373 e. The van der Waals surface area contributed by atoms with Gasteiger partial charge in [0.15, 0.2) is 0 Å². The van der Waals surface area contributed by atoms with Gasteiger partial charge >= 0.3 is 0 Å². The van der Waals surface area contributed by atoms with E-state index < -0.39 is 0 Å². The molecule has 0 aliphatic carbocycles. The zero-order valence-corrected chi connectivity index (χ0v) is 12.3. The summed E-state index contributed by atoms with van der Waals surface area (Å²) >= 11 is 0. The van der Waals surface area contributed by atoms with Crippen LogP contribution < -0.4 is 10.6 Å². The molecule has 0 amide bonds. The van der Waals surface area contributed by atoms with Crippen molar-refractivity contribution in [3.05, 3.63) is 11.9 Å². The van der Waals surface area contributed by atoms with Gasteiger partial charge in [0.05, 0.1) is 0 Å². The quantitative estimate of drug-likeness (QED) is 0.778. The van der Waals surface area contributed by atoms with E-state index in [0.717, 1.165) is 43.1 Å². The van der Waals surface area contributed by atoms with E-state index in [1.807, 2.05) is 13.1 Å². The van der Waals surface area contributed by atoms with Crippen LogP contribution in [-0.4, -0.2) is 22.6 Å². The lowest BCUT2D eigenvalue weighted by atomic mass is 9.90. The Balaban J connectivity index is 3.01. The van der Waals surface area contributed by atoms with Crippen LogP contribution in [0.5, 0.6) is 0 Å². The van der Waals surface area contributed by atoms with Crippen molar-refractivity contribution in [2.75, 3.05) is 17.7 Å². The predicted octanol–water partition coefficient (Wildman–Crippen LogP) is 3.46. The third-order valence-corrected chi connectivity index (χ3v) is 3.77. The molecule has 0 radical (unpaired) electrons. The molecule has 0 bridgehead atoms. The summed E-state index contributed by atoms with van der Waals surface area (Å²) in [7, 11) is 1.89. The Morgan fingerprint density at radius 1 is 1.00 bits per heavy atom. The number of anilines is 2. The van der Waals surface area contributed by atoms with Crippen molar-refractivity contribution in [2.24, 2.45) is 0 Å². The standard InChI is InChI=1S/C14H26N4/c1-6-11-16-12(15-5)10-13(17-11)18-14(7-2,8-3)9-4/h10H,6-9H2,1-5H3,(H2,15,16,17,18). The van der Waals surface area contributed by atoms with E-state index in [4.69, 9.17) is 0 Å². The number of aryl methyl sites for hydroxylation is 1. The van der Waals surface area contributed by atoms with Crippen LogP contribution in [0.2, 0.25) is 0 Å². The minimum absolute atomic E-state index is 0.143. The van der Waals surface area contributed by atoms with Crippen molar-refractivity contribution in [3.8, 4) is 0 Å². The highest BCUT2D eigenvalue weighted by atomic mass is 15.1. The van der Waals surface area contributed by atoms with Crippen LogP contribution in [0, 0.1) is 0 Å². The van der Waals surface area contributed by atoms with Crippen molar-refractivity contribution >= 4 is 11.6 Å². The fraction of sp³-hybridized carbons (Fsp3) is 0.714. The molecular weight excluding hydrogens is 224 g/mol. The molecule has 0 atom stereocenters. The highest BCUT2D eigenvalue weighted by Gasteiger charge is 2.24. The van der Waals surface area contributed by atoms with Gasteiger partial charge in [-0.1, -0.05) is 27.7 Å². The van der Waals surface area contributed by atoms with Gasteiger partial charge in [0.1, 0.15) is 17.5 Å². The van der Waals surface area contributed by atoms with Crippen molar-refractivity contribution in [2.45, 2.75) is 58.9 Å². The first-order valence-electron chi connectivity index (χ1n) is 6.96. The summed E-state index contributed by atoms with van der Waals surface area (Å²) in [5.41, 5.74) is 0.143. The molecule has 18 heavy (non-hydrogen) atoms. The van der Waals surface area contributed by atoms with Crippen LogP contribution in [0.15, 0.2) is 6.07 Å². The van der Waals surface area contributed by atoms with E-state index in [1.165, 1.54) is 0 Å². The summed E-state index contributed by atoms with van der Waals surface area (Å²) < 4.78 is 0. The van der Waals surface area contributed by atoms with E-state index in [9.17, 15) is 0 Å². The molecule has 0 unspecified atom stereocenters. The first kappa shape index (κ1) is 14.7. The topological polar surface area (TPSA) is 49.8 Å². The van der Waals surface area contributed by atoms with Gasteiger partial charge in [0.2, 0.25) is 0 Å². The molecule has 2 N–H and O–H groups in total. The number of rotatable bonds is 7. The number of nitrogens with one attached hydrogen (secondary N) is 2. The fourth-order valence-corrected chi connectivity index (χ4v) is 2.13. The van der Waals surface area contributed by atoms with Crippen molar-refractivity contribution < 1.29 is 0 Å². The molecule has 0 aliphatic rings. The first-order chi connectivity index (χ1) is 8.62. The lowest BCUT2D eigenvalue weighted by Gasteiger charge is -2.32. The zero-order chi connectivity index (χ0) is 13.6. The number of aromatic nitrogens is 2. The summed E-state index contributed by atoms with van der Waals surface area (Å²) in [5.74, 6) is 2.68. The average Bonchev–Trinajstić information content (AvgIpc) is 2.44. The Hall–Kier alpha value is -1.32. The lowest BCUT2D eigenvalue weighted by Crippen LogP contribution is -2.36. The van der Waals surface area contributed by atoms with Crippen molar-refractivity contribution in [1.29, 1.82) is 0 Å². The molecule has 1 aromatic heterocycles. The summed E-state index contributed by atoms with van der Waals surface area (Å²) in [6.45, 7) is 8.74. The van der Waals surface area contributed by atoms with E-state index in [1.54, 1.807) is 0 Å². The maximum absolute atomic E-state index is 4.57. The van der Waals surface area contributed by atoms with Gasteiger partial charge in [-0.3, -0.25) is 0 Å². The maximum atomic E-state index is 4.57. The SMILES string of the molecule is CCc1nc(NC)cc(NC(CC)(CC)CC)n1. The minimum atomic E-state index is 0.143. The summed E-state index contributed by atoms with van der Waals surface area (Å²) in [6.07, 6.45) is 4.14. The molecule has 0 aromatic carbocycles. The summed E-state index contributed by atoms with van der Waals surface area (Å²) in [4.78, 5) is 8.98. The molecule has 0 spiro atoms. The Morgan fingerprint density at radius 3 is 2.00 bits per heavy atom. The highest BCUT2D eigenvalue weighted by molar-refractivity contribution is 5.48. The molecule has 1 heterocycles. The Kier molecular flexibility index (Phi) is 5.38.